The van der Waals surface area contributed by atoms with Gasteiger partial charge in [0.05, 0.1) is 18.8 Å². The predicted octanol–water partition coefficient (Wildman–Crippen LogP) is 0.185. The molecule has 0 unspecified atom stereocenters. The maximum atomic E-state index is 11.9. The summed E-state index contributed by atoms with van der Waals surface area (Å²) in [5.41, 5.74) is -1.37. The van der Waals surface area contributed by atoms with E-state index < -0.39 is 23.5 Å². The molecule has 0 spiro atoms. The zero-order valence-corrected chi connectivity index (χ0v) is 11.8. The quantitative estimate of drug-likeness (QED) is 0.569. The van der Waals surface area contributed by atoms with Crippen LogP contribution < -0.4 is 0 Å². The number of rotatable bonds is 5. The summed E-state index contributed by atoms with van der Waals surface area (Å²) in [6.45, 7) is 4.94. The Kier molecular flexibility index (Phi) is 5.75. The first-order valence-corrected chi connectivity index (χ1v) is 6.68. The Morgan fingerprint density at radius 3 is 1.95 bits per heavy atom. The van der Waals surface area contributed by atoms with Gasteiger partial charge in [0.15, 0.2) is 5.92 Å². The third-order valence-electron chi connectivity index (χ3n) is 3.43. The van der Waals surface area contributed by atoms with E-state index in [-0.39, 0.29) is 13.2 Å². The Morgan fingerprint density at radius 2 is 1.58 bits per heavy atom. The van der Waals surface area contributed by atoms with E-state index in [0.717, 1.165) is 0 Å². The van der Waals surface area contributed by atoms with Crippen LogP contribution in [-0.2, 0) is 19.1 Å². The van der Waals surface area contributed by atoms with Crippen LogP contribution in [0.5, 0.6) is 0 Å². The monoisotopic (exact) mass is 273 g/mol. The third-order valence-corrected chi connectivity index (χ3v) is 3.43. The number of esters is 2. The van der Waals surface area contributed by atoms with Crippen molar-refractivity contribution in [2.75, 3.05) is 33.4 Å². The van der Waals surface area contributed by atoms with Crippen LogP contribution in [0.25, 0.3) is 0 Å². The van der Waals surface area contributed by atoms with Gasteiger partial charge >= 0.3 is 11.9 Å². The highest BCUT2D eigenvalue weighted by molar-refractivity contribution is 5.96. The first kappa shape index (κ1) is 15.9. The van der Waals surface area contributed by atoms with Gasteiger partial charge in [-0.1, -0.05) is 0 Å². The largest absolute Gasteiger partial charge is 0.465 e. The molecule has 0 radical (unpaired) electrons. The number of nitrogens with zero attached hydrogens (tertiary/aromatic N) is 1. The Hall–Kier alpha value is -1.14. The lowest BCUT2D eigenvalue weighted by atomic mass is 9.79. The van der Waals surface area contributed by atoms with Gasteiger partial charge in [-0.05, 0) is 33.7 Å². The lowest BCUT2D eigenvalue weighted by Gasteiger charge is -2.39. The van der Waals surface area contributed by atoms with Gasteiger partial charge in [0.25, 0.3) is 0 Å². The van der Waals surface area contributed by atoms with Crippen molar-refractivity contribution in [2.24, 2.45) is 5.92 Å². The summed E-state index contributed by atoms with van der Waals surface area (Å²) < 4.78 is 9.81. The average Bonchev–Trinajstić information content (AvgIpc) is 2.34. The number of carbonyl (C=O) groups excluding carboxylic acids is 2. The highest BCUT2D eigenvalue weighted by Crippen LogP contribution is 2.31. The number of aliphatic hydroxyl groups is 1. The molecule has 1 heterocycles. The van der Waals surface area contributed by atoms with Gasteiger partial charge in [-0.25, -0.2) is 0 Å². The molecule has 1 N–H and O–H groups in total. The molecule has 1 rings (SSSR count). The Bertz CT molecular complexity index is 305. The lowest BCUT2D eigenvalue weighted by Crippen LogP contribution is -2.53. The fraction of sp³-hybridized carbons (Fsp3) is 0.846. The molecular formula is C13H23NO5. The molecule has 1 aliphatic rings. The van der Waals surface area contributed by atoms with Crippen LogP contribution >= 0.6 is 0 Å². The van der Waals surface area contributed by atoms with Crippen LogP contribution in [0.4, 0.5) is 0 Å². The number of hydrogen-bond acceptors (Lipinski definition) is 6. The van der Waals surface area contributed by atoms with E-state index in [1.807, 2.05) is 11.9 Å². The van der Waals surface area contributed by atoms with E-state index in [1.54, 1.807) is 13.8 Å². The standard InChI is InChI=1S/C13H23NO5/c1-4-18-11(15)10(12(16)19-5-2)13(17)6-8-14(3)9-7-13/h10,17H,4-9H2,1-3H3. The summed E-state index contributed by atoms with van der Waals surface area (Å²) in [6, 6.07) is 0. The molecule has 0 aromatic rings. The van der Waals surface area contributed by atoms with Crippen molar-refractivity contribution in [3.05, 3.63) is 0 Å². The van der Waals surface area contributed by atoms with Gasteiger partial charge in [0.1, 0.15) is 0 Å². The fourth-order valence-electron chi connectivity index (χ4n) is 2.28. The van der Waals surface area contributed by atoms with Gasteiger partial charge < -0.3 is 19.5 Å². The van der Waals surface area contributed by atoms with E-state index in [1.165, 1.54) is 0 Å². The molecule has 6 heteroatoms. The summed E-state index contributed by atoms with van der Waals surface area (Å²) in [5.74, 6) is -2.65. The molecule has 0 aliphatic carbocycles. The minimum absolute atomic E-state index is 0.171. The Balaban J connectivity index is 2.88. The summed E-state index contributed by atoms with van der Waals surface area (Å²) in [4.78, 5) is 25.9. The fourth-order valence-corrected chi connectivity index (χ4v) is 2.28. The molecule has 6 nitrogen and oxygen atoms in total. The second-order valence-electron chi connectivity index (χ2n) is 4.84. The normalized spacial score (nSPS) is 19.2. The first-order chi connectivity index (χ1) is 8.94. The van der Waals surface area contributed by atoms with Crippen LogP contribution in [0.1, 0.15) is 26.7 Å². The maximum absolute atomic E-state index is 11.9. The van der Waals surface area contributed by atoms with Gasteiger partial charge in [0.2, 0.25) is 0 Å². The van der Waals surface area contributed by atoms with Crippen LogP contribution in [0.2, 0.25) is 0 Å². The highest BCUT2D eigenvalue weighted by Gasteiger charge is 2.49. The molecule has 1 saturated heterocycles. The van der Waals surface area contributed by atoms with Crippen LogP contribution in [0.15, 0.2) is 0 Å². The summed E-state index contributed by atoms with van der Waals surface area (Å²) in [7, 11) is 1.93. The molecule has 0 aromatic heterocycles. The minimum atomic E-state index is -1.37. The second kappa shape index (κ2) is 6.86. The molecule has 110 valence electrons. The van der Waals surface area contributed by atoms with E-state index in [0.29, 0.717) is 25.9 Å². The maximum Gasteiger partial charge on any atom is 0.323 e. The van der Waals surface area contributed by atoms with E-state index in [4.69, 9.17) is 9.47 Å². The van der Waals surface area contributed by atoms with Gasteiger partial charge in [0, 0.05) is 13.1 Å². The average molecular weight is 273 g/mol. The first-order valence-electron chi connectivity index (χ1n) is 6.68. The predicted molar refractivity (Wildman–Crippen MR) is 68.4 cm³/mol. The molecular weight excluding hydrogens is 250 g/mol. The molecule has 0 bridgehead atoms. The van der Waals surface area contributed by atoms with Crippen LogP contribution in [-0.4, -0.2) is 60.9 Å². The van der Waals surface area contributed by atoms with Gasteiger partial charge in [-0.3, -0.25) is 9.59 Å². The van der Waals surface area contributed by atoms with Crippen molar-refractivity contribution < 1.29 is 24.2 Å². The van der Waals surface area contributed by atoms with Gasteiger partial charge in [-0.2, -0.15) is 0 Å². The van der Waals surface area contributed by atoms with Crippen molar-refractivity contribution in [3.63, 3.8) is 0 Å². The summed E-state index contributed by atoms with van der Waals surface area (Å²) in [5, 5.41) is 10.6. The zero-order valence-electron chi connectivity index (χ0n) is 11.8. The molecule has 0 aromatic carbocycles. The third kappa shape index (κ3) is 3.91. The summed E-state index contributed by atoms with van der Waals surface area (Å²) in [6.07, 6.45) is 0.706. The number of carbonyl (C=O) groups is 2. The van der Waals surface area contributed by atoms with Crippen molar-refractivity contribution in [2.45, 2.75) is 32.3 Å². The molecule has 0 atom stereocenters. The van der Waals surface area contributed by atoms with E-state index in [9.17, 15) is 14.7 Å². The van der Waals surface area contributed by atoms with E-state index >= 15 is 0 Å². The number of likely N-dealkylation sites (tertiary alicyclic amines) is 1. The van der Waals surface area contributed by atoms with Crippen LogP contribution in [0.3, 0.4) is 0 Å². The lowest BCUT2D eigenvalue weighted by molar-refractivity contribution is -0.178. The molecule has 0 amide bonds. The smallest absolute Gasteiger partial charge is 0.323 e. The Morgan fingerprint density at radius 1 is 1.16 bits per heavy atom. The number of hydrogen-bond donors (Lipinski definition) is 1. The minimum Gasteiger partial charge on any atom is -0.465 e. The van der Waals surface area contributed by atoms with Gasteiger partial charge in [-0.15, -0.1) is 0 Å². The van der Waals surface area contributed by atoms with Crippen molar-refractivity contribution >= 4 is 11.9 Å². The topological polar surface area (TPSA) is 76.1 Å². The summed E-state index contributed by atoms with van der Waals surface area (Å²) >= 11 is 0. The molecule has 1 aliphatic heterocycles. The Labute approximate surface area is 113 Å². The van der Waals surface area contributed by atoms with E-state index in [2.05, 4.69) is 0 Å². The van der Waals surface area contributed by atoms with Crippen molar-refractivity contribution in [3.8, 4) is 0 Å². The molecule has 19 heavy (non-hydrogen) atoms. The van der Waals surface area contributed by atoms with Crippen molar-refractivity contribution in [1.29, 1.82) is 0 Å². The van der Waals surface area contributed by atoms with Crippen LogP contribution in [0, 0.1) is 5.92 Å². The zero-order chi connectivity index (χ0) is 14.5. The SMILES string of the molecule is CCOC(=O)C(C(=O)OCC)C1(O)CCN(C)CC1. The molecule has 0 saturated carbocycles. The highest BCUT2D eigenvalue weighted by atomic mass is 16.6. The van der Waals surface area contributed by atoms with Crippen molar-refractivity contribution in [1.82, 2.24) is 4.90 Å². The number of piperidine rings is 1. The second-order valence-corrected chi connectivity index (χ2v) is 4.84. The molecule has 1 fully saturated rings. The number of ether oxygens (including phenoxy) is 2.